The quantitative estimate of drug-likeness (QED) is 0.0237. The van der Waals surface area contributed by atoms with Gasteiger partial charge in [-0.2, -0.15) is 49.6 Å². The fourth-order valence-corrected chi connectivity index (χ4v) is 10.4. The molecule has 4 atom stereocenters. The molecule has 1 fully saturated rings. The van der Waals surface area contributed by atoms with E-state index < -0.39 is 204 Å². The Balaban J connectivity index is 1.47. The highest BCUT2D eigenvalue weighted by atomic mass is 35.5. The van der Waals surface area contributed by atoms with Crippen molar-refractivity contribution in [1.29, 1.82) is 0 Å². The van der Waals surface area contributed by atoms with Crippen molar-refractivity contribution in [2.75, 3.05) is 30.7 Å². The number of carboxylic acids is 1. The molecule has 7 rings (SSSR count). The van der Waals surface area contributed by atoms with E-state index in [2.05, 4.69) is 41.6 Å². The highest BCUT2D eigenvalue weighted by Crippen LogP contribution is 2.68. The standard InChI is InChI=1S/C46H42ClF10N8O14PS2/c1-43(2,81(4,74)75)11-10-24-6-7-25(36(58-24)30(14-21-12-22(48)15-23(49)13-21)59-32(66)18-63-39-34(38(60-63)46(55,56)57)27-16-28(27)45(39,53)54)26-8-9-29(47)35-37(26)64(19-44(50,51)52)61-40(35)65(82(5,76)77)42(70)62(3)31(17-33(67)68)41(69)78-20-79-80(71,72)73/h6-9,12-13,15,27-28,30-31H,14,16-20H2,1-5H3,(H,59,66)(H,67,68)(H2,71,72,73)/t27-,28+,30?,31?/m0/s1. The molecule has 0 saturated heterocycles. The lowest BCUT2D eigenvalue weighted by atomic mass is 9.93. The third-order valence-electron chi connectivity index (χ3n) is 12.8. The van der Waals surface area contributed by atoms with Gasteiger partial charge >= 0.3 is 38.1 Å². The number of urea groups is 1. The van der Waals surface area contributed by atoms with Crippen LogP contribution in [0.3, 0.4) is 0 Å². The number of hydrogen-bond donors (Lipinski definition) is 4. The molecular weight excluding hydrogens is 1210 g/mol. The number of fused-ring (bicyclic) bond motifs is 4. The van der Waals surface area contributed by atoms with Crippen LogP contribution >= 0.6 is 19.4 Å². The van der Waals surface area contributed by atoms with Crippen molar-refractivity contribution in [1.82, 2.24) is 34.8 Å². The average Bonchev–Trinajstić information content (AvgIpc) is 2.53. The Morgan fingerprint density at radius 3 is 2.15 bits per heavy atom. The van der Waals surface area contributed by atoms with E-state index in [0.29, 0.717) is 19.4 Å². The summed E-state index contributed by atoms with van der Waals surface area (Å²) in [7, 11) is -14.0. The van der Waals surface area contributed by atoms with Gasteiger partial charge in [-0.3, -0.25) is 19.0 Å². The first-order chi connectivity index (χ1) is 37.5. The number of amides is 3. The molecule has 3 heterocycles. The summed E-state index contributed by atoms with van der Waals surface area (Å²) in [4.78, 5) is 76.2. The summed E-state index contributed by atoms with van der Waals surface area (Å²) < 4.78 is 219. The van der Waals surface area contributed by atoms with E-state index in [0.717, 1.165) is 42.7 Å². The van der Waals surface area contributed by atoms with Crippen LogP contribution < -0.4 is 9.62 Å². The molecule has 444 valence electrons. The number of esters is 1. The number of carbonyl (C=O) groups excluding carboxylic acids is 3. The number of rotatable bonds is 18. The number of alkyl halides is 8. The summed E-state index contributed by atoms with van der Waals surface area (Å²) in [6, 6.07) is -0.425. The Labute approximate surface area is 461 Å². The fraction of sp³-hybridized carbons (Fsp3) is 0.413. The van der Waals surface area contributed by atoms with Gasteiger partial charge in [-0.15, -0.1) is 0 Å². The van der Waals surface area contributed by atoms with Crippen molar-refractivity contribution >= 4 is 79.9 Å². The van der Waals surface area contributed by atoms with E-state index in [1.165, 1.54) is 13.8 Å². The molecular formula is C46H42ClF10N8O14PS2. The predicted molar refractivity (Wildman–Crippen MR) is 263 cm³/mol. The number of pyridine rings is 1. The summed E-state index contributed by atoms with van der Waals surface area (Å²) in [5.74, 6) is -10.5. The second kappa shape index (κ2) is 22.0. The van der Waals surface area contributed by atoms with Gasteiger partial charge in [-0.1, -0.05) is 23.6 Å². The van der Waals surface area contributed by atoms with E-state index in [4.69, 9.17) is 21.4 Å². The first-order valence-corrected chi connectivity index (χ1v) is 28.8. The number of anilines is 1. The molecule has 2 aromatic carbocycles. The molecule has 0 radical (unpaired) electrons. The second-order valence-electron chi connectivity index (χ2n) is 19.3. The lowest BCUT2D eigenvalue weighted by Gasteiger charge is -2.29. The summed E-state index contributed by atoms with van der Waals surface area (Å²) in [5, 5.41) is 17.6. The van der Waals surface area contributed by atoms with Gasteiger partial charge in [0.15, 0.2) is 21.3 Å². The minimum atomic E-state index is -5.34. The first-order valence-electron chi connectivity index (χ1n) is 23.2. The van der Waals surface area contributed by atoms with Crippen LogP contribution in [-0.4, -0.2) is 128 Å². The van der Waals surface area contributed by atoms with Crippen molar-refractivity contribution in [3.8, 4) is 23.0 Å². The van der Waals surface area contributed by atoms with Crippen molar-refractivity contribution in [2.24, 2.45) is 5.92 Å². The zero-order chi connectivity index (χ0) is 61.4. The van der Waals surface area contributed by atoms with Crippen LogP contribution in [0.15, 0.2) is 42.5 Å². The maximum Gasteiger partial charge on any atom is 0.472 e. The van der Waals surface area contributed by atoms with Crippen LogP contribution in [0.25, 0.3) is 22.0 Å². The SMILES string of the molecule is CN(C(=O)N(c1nn(CC(F)(F)F)c2c(-c3ccc(C#CC(C)(C)S(C)(=O)=O)nc3C(Cc3cc(F)cc(F)c3)NC(=O)Cn3nc(C(F)(F)F)c4c3C(F)(F)[C@@H]3C[C@H]43)ccc(Cl)c12)S(C)(=O)=O)C(CC(=O)O)C(=O)OCOP(=O)(O)O. The Bertz CT molecular complexity index is 3790. The van der Waals surface area contributed by atoms with E-state index in [-0.39, 0.29) is 30.6 Å². The van der Waals surface area contributed by atoms with Crippen molar-refractivity contribution in [3.63, 3.8) is 0 Å². The van der Waals surface area contributed by atoms with Gasteiger partial charge in [0, 0.05) is 42.0 Å². The van der Waals surface area contributed by atoms with Crippen LogP contribution in [0.5, 0.6) is 0 Å². The topological polar surface area (TPSA) is 300 Å². The van der Waals surface area contributed by atoms with Gasteiger partial charge in [0.1, 0.15) is 46.9 Å². The number of halogens is 11. The first kappa shape index (κ1) is 62.7. The largest absolute Gasteiger partial charge is 0.481 e. The molecule has 36 heteroatoms. The molecule has 2 unspecified atom stereocenters. The molecule has 0 bridgehead atoms. The van der Waals surface area contributed by atoms with Gasteiger partial charge in [0.05, 0.1) is 40.3 Å². The molecule has 2 aliphatic rings. The zero-order valence-electron chi connectivity index (χ0n) is 42.5. The predicted octanol–water partition coefficient (Wildman–Crippen LogP) is 6.56. The minimum absolute atomic E-state index is 0.0721. The smallest absolute Gasteiger partial charge is 0.472 e. The van der Waals surface area contributed by atoms with Gasteiger partial charge in [-0.25, -0.2) is 49.3 Å². The molecule has 22 nitrogen and oxygen atoms in total. The number of aromatic nitrogens is 5. The number of nitrogens with zero attached hydrogens (tertiary/aromatic N) is 7. The van der Waals surface area contributed by atoms with Crippen LogP contribution in [0.4, 0.5) is 54.5 Å². The van der Waals surface area contributed by atoms with Crippen molar-refractivity contribution < 1.29 is 109 Å². The molecule has 82 heavy (non-hydrogen) atoms. The van der Waals surface area contributed by atoms with Crippen molar-refractivity contribution in [2.45, 2.75) is 87.2 Å². The lowest BCUT2D eigenvalue weighted by Crippen LogP contribution is -2.52. The molecule has 2 aliphatic carbocycles. The van der Waals surface area contributed by atoms with E-state index >= 15 is 8.78 Å². The average molecular weight is 1250 g/mol. The number of phosphoric ester groups is 1. The zero-order valence-corrected chi connectivity index (χ0v) is 45.8. The van der Waals surface area contributed by atoms with Gasteiger partial charge in [0.25, 0.3) is 5.92 Å². The molecule has 3 aromatic heterocycles. The number of ether oxygens (including phenoxy) is 1. The molecule has 0 spiro atoms. The van der Waals surface area contributed by atoms with Crippen LogP contribution in [0, 0.1) is 29.4 Å². The van der Waals surface area contributed by atoms with Gasteiger partial charge < -0.3 is 29.8 Å². The lowest BCUT2D eigenvalue weighted by molar-refractivity contribution is -0.159. The Kier molecular flexibility index (Phi) is 16.8. The third-order valence-corrected chi connectivity index (χ3v) is 16.5. The normalized spacial score (nSPS) is 16.8. The maximum absolute atomic E-state index is 15.7. The third kappa shape index (κ3) is 13.5. The van der Waals surface area contributed by atoms with Crippen LogP contribution in [-0.2, 0) is 79.7 Å². The number of likely N-dealkylation sites (N-methyl/N-ethyl adjacent to an activating group) is 1. The molecule has 5 aromatic rings. The monoisotopic (exact) mass is 1250 g/mol. The number of benzene rings is 2. The number of nitrogens with one attached hydrogen (secondary N) is 1. The maximum atomic E-state index is 15.7. The number of carboxylic acid groups (broad SMARTS) is 1. The number of sulfone groups is 1. The second-order valence-corrected chi connectivity index (χ2v) is 25.3. The van der Waals surface area contributed by atoms with Gasteiger partial charge in [0.2, 0.25) is 22.7 Å². The van der Waals surface area contributed by atoms with Crippen molar-refractivity contribution in [3.05, 3.63) is 93.0 Å². The fourth-order valence-electron chi connectivity index (χ4n) is 8.86. The number of aliphatic carboxylic acids is 1. The minimum Gasteiger partial charge on any atom is -0.481 e. The highest BCUT2D eigenvalue weighted by Gasteiger charge is 2.68. The Morgan fingerprint density at radius 1 is 0.963 bits per heavy atom. The summed E-state index contributed by atoms with van der Waals surface area (Å²) >= 11 is 6.64. The molecule has 1 saturated carbocycles. The summed E-state index contributed by atoms with van der Waals surface area (Å²) in [5.41, 5.74) is -6.97. The van der Waals surface area contributed by atoms with Crippen LogP contribution in [0.2, 0.25) is 5.02 Å². The Morgan fingerprint density at radius 2 is 1.59 bits per heavy atom. The number of phosphoric acid groups is 1. The molecule has 3 amide bonds. The summed E-state index contributed by atoms with van der Waals surface area (Å²) in [6.45, 7) is -2.76. The number of sulfonamides is 1. The van der Waals surface area contributed by atoms with Crippen LogP contribution in [0.1, 0.15) is 72.6 Å². The number of carbonyl (C=O) groups is 4. The van der Waals surface area contributed by atoms with E-state index in [9.17, 15) is 80.8 Å². The summed E-state index contributed by atoms with van der Waals surface area (Å²) in [6.07, 6.45) is -12.0. The van der Waals surface area contributed by atoms with E-state index in [1.54, 1.807) is 0 Å². The Hall–Kier alpha value is -6.89. The van der Waals surface area contributed by atoms with Gasteiger partial charge in [-0.05, 0) is 74.4 Å². The van der Waals surface area contributed by atoms with E-state index in [1.807, 2.05) is 0 Å². The highest BCUT2D eigenvalue weighted by molar-refractivity contribution is 7.93. The molecule has 4 N–H and O–H groups in total. The number of hydrogen-bond acceptors (Lipinski definition) is 14. The molecule has 0 aliphatic heterocycles.